The van der Waals surface area contributed by atoms with Crippen LogP contribution >= 0.6 is 0 Å². The Morgan fingerprint density at radius 2 is 1.85 bits per heavy atom. The largest absolute Gasteiger partial charge is 0.496 e. The fraction of sp³-hybridized carbons (Fsp3) is 0.593. The molecule has 6 heteroatoms. The molecule has 2 atom stereocenters. The molecule has 1 heterocycles. The number of rotatable bonds is 7. The molecule has 0 aliphatic heterocycles. The van der Waals surface area contributed by atoms with E-state index >= 15 is 0 Å². The number of ether oxygens (including phenoxy) is 3. The van der Waals surface area contributed by atoms with Crippen molar-refractivity contribution in [2.45, 2.75) is 71.3 Å². The van der Waals surface area contributed by atoms with Gasteiger partial charge in [0.05, 0.1) is 25.8 Å². The lowest BCUT2D eigenvalue weighted by Gasteiger charge is -2.25. The molecule has 4 rings (SSSR count). The molecule has 0 unspecified atom stereocenters. The van der Waals surface area contributed by atoms with Crippen molar-refractivity contribution in [3.63, 3.8) is 0 Å². The van der Waals surface area contributed by atoms with E-state index in [0.717, 1.165) is 34.8 Å². The highest BCUT2D eigenvalue weighted by molar-refractivity contribution is 5.78. The Kier molecular flexibility index (Phi) is 6.91. The number of carbonyl (C=O) groups is 1. The zero-order valence-electron chi connectivity index (χ0n) is 20.5. The van der Waals surface area contributed by atoms with Gasteiger partial charge in [-0.3, -0.25) is 4.79 Å². The van der Waals surface area contributed by atoms with E-state index in [9.17, 15) is 4.79 Å². The maximum atomic E-state index is 12.5. The first-order valence-corrected chi connectivity index (χ1v) is 12.1. The average molecular weight is 453 g/mol. The third kappa shape index (κ3) is 6.04. The van der Waals surface area contributed by atoms with E-state index in [-0.39, 0.29) is 17.8 Å². The number of nitrogens with zero attached hydrogens (tertiary/aromatic N) is 2. The number of aromatic nitrogens is 2. The molecule has 0 saturated heterocycles. The fourth-order valence-electron chi connectivity index (χ4n) is 4.65. The molecule has 178 valence electrons. The van der Waals surface area contributed by atoms with Gasteiger partial charge in [-0.15, -0.1) is 5.10 Å². The van der Waals surface area contributed by atoms with E-state index in [0.29, 0.717) is 18.4 Å². The molecular formula is C27H36N2O4. The van der Waals surface area contributed by atoms with Crippen LogP contribution < -0.4 is 9.47 Å². The van der Waals surface area contributed by atoms with Crippen molar-refractivity contribution in [3.8, 4) is 22.8 Å². The van der Waals surface area contributed by atoms with E-state index < -0.39 is 5.60 Å². The van der Waals surface area contributed by atoms with Crippen molar-refractivity contribution < 1.29 is 19.0 Å². The van der Waals surface area contributed by atoms with Crippen LogP contribution in [0.15, 0.2) is 30.5 Å². The second-order valence-electron chi connectivity index (χ2n) is 10.7. The van der Waals surface area contributed by atoms with Crippen LogP contribution in [-0.4, -0.2) is 35.5 Å². The Morgan fingerprint density at radius 1 is 1.09 bits per heavy atom. The van der Waals surface area contributed by atoms with Crippen molar-refractivity contribution in [2.24, 2.45) is 17.8 Å². The molecular weight excluding hydrogens is 416 g/mol. The molecule has 33 heavy (non-hydrogen) atoms. The number of methoxy groups -OCH3 is 1. The van der Waals surface area contributed by atoms with E-state index in [1.807, 2.05) is 39.0 Å². The van der Waals surface area contributed by atoms with Crippen LogP contribution in [0.1, 0.15) is 71.3 Å². The van der Waals surface area contributed by atoms with Crippen LogP contribution in [-0.2, 0) is 9.53 Å². The summed E-state index contributed by atoms with van der Waals surface area (Å²) in [7, 11) is 1.66. The normalized spacial score (nSPS) is 24.8. The van der Waals surface area contributed by atoms with Crippen molar-refractivity contribution in [3.05, 3.63) is 36.0 Å². The van der Waals surface area contributed by atoms with Gasteiger partial charge in [0.1, 0.15) is 11.4 Å². The summed E-state index contributed by atoms with van der Waals surface area (Å²) in [5, 5.41) is 8.35. The van der Waals surface area contributed by atoms with Crippen LogP contribution in [0.2, 0.25) is 0 Å². The highest BCUT2D eigenvalue weighted by atomic mass is 16.6. The van der Waals surface area contributed by atoms with Gasteiger partial charge in [-0.25, -0.2) is 0 Å². The smallest absolute Gasteiger partial charge is 0.310 e. The van der Waals surface area contributed by atoms with Gasteiger partial charge in [0.15, 0.2) is 0 Å². The minimum Gasteiger partial charge on any atom is -0.496 e. The van der Waals surface area contributed by atoms with E-state index in [4.69, 9.17) is 14.2 Å². The number of benzene rings is 1. The van der Waals surface area contributed by atoms with Crippen LogP contribution in [0.3, 0.4) is 0 Å². The molecule has 1 aromatic heterocycles. The van der Waals surface area contributed by atoms with Crippen LogP contribution in [0, 0.1) is 17.8 Å². The lowest BCUT2D eigenvalue weighted by molar-refractivity contribution is -0.156. The number of hydrogen-bond acceptors (Lipinski definition) is 6. The third-order valence-corrected chi connectivity index (χ3v) is 6.70. The second kappa shape index (κ2) is 9.70. The molecule has 0 spiro atoms. The number of esters is 1. The molecule has 2 aliphatic carbocycles. The Morgan fingerprint density at radius 3 is 2.55 bits per heavy atom. The van der Waals surface area contributed by atoms with Gasteiger partial charge in [-0.1, -0.05) is 25.8 Å². The zero-order chi connectivity index (χ0) is 23.6. The molecule has 2 fully saturated rings. The number of carbonyl (C=O) groups excluding carboxylic acids is 1. The number of hydrogen-bond donors (Lipinski definition) is 0. The monoisotopic (exact) mass is 452 g/mol. The molecule has 2 saturated carbocycles. The zero-order valence-corrected chi connectivity index (χ0v) is 20.5. The highest BCUT2D eigenvalue weighted by Gasteiger charge is 2.47. The topological polar surface area (TPSA) is 70.5 Å². The maximum Gasteiger partial charge on any atom is 0.310 e. The SMILES string of the molecule is COc1ccc(-c2cnnc(OC[C@H]3CC[C@H](C)CC3)c2)cc1[C@H]1C[C@@H]1C(=O)OC(C)(C)C. The molecule has 0 bridgehead atoms. The molecule has 0 N–H and O–H groups in total. The molecule has 2 aromatic rings. The van der Waals surface area contributed by atoms with Gasteiger partial charge in [0.2, 0.25) is 5.88 Å². The summed E-state index contributed by atoms with van der Waals surface area (Å²) in [6.07, 6.45) is 7.52. The predicted molar refractivity (Wildman–Crippen MR) is 127 cm³/mol. The molecule has 0 amide bonds. The predicted octanol–water partition coefficient (Wildman–Crippen LogP) is 5.80. The summed E-state index contributed by atoms with van der Waals surface area (Å²) in [6, 6.07) is 8.01. The first-order valence-electron chi connectivity index (χ1n) is 12.1. The van der Waals surface area contributed by atoms with Crippen molar-refractivity contribution >= 4 is 5.97 Å². The third-order valence-electron chi connectivity index (χ3n) is 6.70. The van der Waals surface area contributed by atoms with Gasteiger partial charge in [0, 0.05) is 17.5 Å². The quantitative estimate of drug-likeness (QED) is 0.494. The van der Waals surface area contributed by atoms with Gasteiger partial charge in [0.25, 0.3) is 0 Å². The summed E-state index contributed by atoms with van der Waals surface area (Å²) in [5.74, 6) is 2.61. The first-order chi connectivity index (χ1) is 15.7. The van der Waals surface area contributed by atoms with Crippen molar-refractivity contribution in [2.75, 3.05) is 13.7 Å². The summed E-state index contributed by atoms with van der Waals surface area (Å²) in [4.78, 5) is 12.5. The van der Waals surface area contributed by atoms with Crippen LogP contribution in [0.25, 0.3) is 11.1 Å². The lowest BCUT2D eigenvalue weighted by atomic mass is 9.83. The lowest BCUT2D eigenvalue weighted by Crippen LogP contribution is -2.25. The molecule has 6 nitrogen and oxygen atoms in total. The molecule has 2 aliphatic rings. The van der Waals surface area contributed by atoms with Gasteiger partial charge >= 0.3 is 5.97 Å². The summed E-state index contributed by atoms with van der Waals surface area (Å²) >= 11 is 0. The van der Waals surface area contributed by atoms with Gasteiger partial charge < -0.3 is 14.2 Å². The summed E-state index contributed by atoms with van der Waals surface area (Å²) in [6.45, 7) is 8.71. The minimum atomic E-state index is -0.481. The van der Waals surface area contributed by atoms with Gasteiger partial charge in [-0.2, -0.15) is 5.10 Å². The Balaban J connectivity index is 1.46. The maximum absolute atomic E-state index is 12.5. The summed E-state index contributed by atoms with van der Waals surface area (Å²) in [5.41, 5.74) is 2.49. The fourth-order valence-corrected chi connectivity index (χ4v) is 4.65. The Hall–Kier alpha value is -2.63. The van der Waals surface area contributed by atoms with E-state index in [1.54, 1.807) is 13.3 Å². The first kappa shape index (κ1) is 23.5. The highest BCUT2D eigenvalue weighted by Crippen LogP contribution is 2.52. The molecule has 1 aromatic carbocycles. The Labute approximate surface area is 197 Å². The minimum absolute atomic E-state index is 0.106. The van der Waals surface area contributed by atoms with Crippen molar-refractivity contribution in [1.29, 1.82) is 0 Å². The van der Waals surface area contributed by atoms with Crippen molar-refractivity contribution in [1.82, 2.24) is 10.2 Å². The van der Waals surface area contributed by atoms with E-state index in [1.165, 1.54) is 25.7 Å². The standard InChI is InChI=1S/C27H36N2O4/c1-17-6-8-18(9-7-17)16-32-25-13-20(15-28-29-25)19-10-11-24(31-5)22(12-19)21-14-23(21)26(30)33-27(2,3)4/h10-13,15,17-18,21,23H,6-9,14,16H2,1-5H3/t17-,18-,21-,23+/m1/s1. The second-order valence-corrected chi connectivity index (χ2v) is 10.7. The van der Waals surface area contributed by atoms with Crippen LogP contribution in [0.4, 0.5) is 0 Å². The Bertz CT molecular complexity index is 976. The molecule has 0 radical (unpaired) electrons. The van der Waals surface area contributed by atoms with Gasteiger partial charge in [-0.05, 0) is 75.1 Å². The average Bonchev–Trinajstić information content (AvgIpc) is 3.58. The van der Waals surface area contributed by atoms with Crippen LogP contribution in [0.5, 0.6) is 11.6 Å². The van der Waals surface area contributed by atoms with E-state index in [2.05, 4.69) is 23.2 Å². The summed E-state index contributed by atoms with van der Waals surface area (Å²) < 4.78 is 17.2.